The standard InChI is InChI=1S/C22H26N2O5/c1-4-23(5-2)11-12-24-19(17-10-7-13-29-17)18(21(26)22(24)27)20(25)15-8-6-9-16(14-15)28-3/h6-10,13-14,19,25H,4-5,11-12H2,1-3H3/t19-/m0/s1. The van der Waals surface area contributed by atoms with Crippen LogP contribution in [0, 0.1) is 0 Å². The van der Waals surface area contributed by atoms with Crippen molar-refractivity contribution in [3.8, 4) is 5.75 Å². The van der Waals surface area contributed by atoms with Crippen LogP contribution >= 0.6 is 0 Å². The fourth-order valence-electron chi connectivity index (χ4n) is 3.57. The lowest BCUT2D eigenvalue weighted by Crippen LogP contribution is -2.37. The Hall–Kier alpha value is -3.06. The molecule has 1 fully saturated rings. The van der Waals surface area contributed by atoms with Crippen LogP contribution in [0.4, 0.5) is 0 Å². The van der Waals surface area contributed by atoms with Crippen LogP contribution in [-0.4, -0.2) is 59.9 Å². The zero-order valence-corrected chi connectivity index (χ0v) is 16.9. The highest BCUT2D eigenvalue weighted by atomic mass is 16.5. The van der Waals surface area contributed by atoms with Gasteiger partial charge in [-0.05, 0) is 37.4 Å². The highest BCUT2D eigenvalue weighted by molar-refractivity contribution is 6.46. The second kappa shape index (κ2) is 8.96. The van der Waals surface area contributed by atoms with Gasteiger partial charge >= 0.3 is 0 Å². The Balaban J connectivity index is 2.05. The van der Waals surface area contributed by atoms with Gasteiger partial charge in [-0.15, -0.1) is 0 Å². The maximum Gasteiger partial charge on any atom is 0.295 e. The highest BCUT2D eigenvalue weighted by Gasteiger charge is 2.47. The molecule has 29 heavy (non-hydrogen) atoms. The lowest BCUT2D eigenvalue weighted by Gasteiger charge is -2.26. The Morgan fingerprint density at radius 3 is 2.59 bits per heavy atom. The van der Waals surface area contributed by atoms with E-state index in [1.54, 1.807) is 36.4 Å². The van der Waals surface area contributed by atoms with E-state index >= 15 is 0 Å². The van der Waals surface area contributed by atoms with E-state index in [4.69, 9.17) is 9.15 Å². The molecule has 0 radical (unpaired) electrons. The van der Waals surface area contributed by atoms with Gasteiger partial charge in [0.05, 0.1) is 18.9 Å². The largest absolute Gasteiger partial charge is 0.507 e. The summed E-state index contributed by atoms with van der Waals surface area (Å²) >= 11 is 0. The van der Waals surface area contributed by atoms with Crippen LogP contribution in [0.5, 0.6) is 5.75 Å². The Morgan fingerprint density at radius 2 is 1.97 bits per heavy atom. The second-order valence-electron chi connectivity index (χ2n) is 6.77. The topological polar surface area (TPSA) is 83.2 Å². The van der Waals surface area contributed by atoms with E-state index in [0.29, 0.717) is 30.2 Å². The molecule has 0 saturated carbocycles. The number of aliphatic hydroxyl groups is 1. The number of aliphatic hydroxyl groups excluding tert-OH is 1. The molecule has 0 aliphatic carbocycles. The van der Waals surface area contributed by atoms with Crippen molar-refractivity contribution in [2.75, 3.05) is 33.3 Å². The lowest BCUT2D eigenvalue weighted by atomic mass is 9.99. The van der Waals surface area contributed by atoms with E-state index in [0.717, 1.165) is 13.1 Å². The van der Waals surface area contributed by atoms with Gasteiger partial charge in [-0.2, -0.15) is 0 Å². The first-order valence-electron chi connectivity index (χ1n) is 9.70. The van der Waals surface area contributed by atoms with Gasteiger partial charge in [-0.3, -0.25) is 9.59 Å². The molecule has 7 nitrogen and oxygen atoms in total. The number of likely N-dealkylation sites (tertiary alicyclic amines) is 1. The fourth-order valence-corrected chi connectivity index (χ4v) is 3.57. The molecule has 0 spiro atoms. The summed E-state index contributed by atoms with van der Waals surface area (Å²) in [7, 11) is 1.52. The van der Waals surface area contributed by atoms with Crippen molar-refractivity contribution in [1.29, 1.82) is 0 Å². The monoisotopic (exact) mass is 398 g/mol. The Morgan fingerprint density at radius 1 is 1.21 bits per heavy atom. The van der Waals surface area contributed by atoms with Gasteiger partial charge in [0.15, 0.2) is 0 Å². The lowest BCUT2D eigenvalue weighted by molar-refractivity contribution is -0.140. The molecule has 1 aromatic heterocycles. The fraction of sp³-hybridized carbons (Fsp3) is 0.364. The summed E-state index contributed by atoms with van der Waals surface area (Å²) in [5, 5.41) is 11.0. The second-order valence-corrected chi connectivity index (χ2v) is 6.77. The number of likely N-dealkylation sites (N-methyl/N-ethyl adjacent to an activating group) is 1. The smallest absolute Gasteiger partial charge is 0.295 e. The van der Waals surface area contributed by atoms with Crippen molar-refractivity contribution in [3.63, 3.8) is 0 Å². The van der Waals surface area contributed by atoms with Crippen LogP contribution < -0.4 is 4.74 Å². The molecule has 0 bridgehead atoms. The van der Waals surface area contributed by atoms with E-state index in [1.807, 2.05) is 13.8 Å². The van der Waals surface area contributed by atoms with E-state index in [2.05, 4.69) is 4.90 Å². The Kier molecular flexibility index (Phi) is 6.39. The predicted molar refractivity (Wildman–Crippen MR) is 108 cm³/mol. The third kappa shape index (κ3) is 4.05. The van der Waals surface area contributed by atoms with Crippen molar-refractivity contribution in [1.82, 2.24) is 9.80 Å². The van der Waals surface area contributed by atoms with Crippen molar-refractivity contribution >= 4 is 17.4 Å². The summed E-state index contributed by atoms with van der Waals surface area (Å²) in [4.78, 5) is 29.3. The summed E-state index contributed by atoms with van der Waals surface area (Å²) in [5.74, 6) is -0.615. The van der Waals surface area contributed by atoms with E-state index in [9.17, 15) is 14.7 Å². The average Bonchev–Trinajstić information content (AvgIpc) is 3.36. The van der Waals surface area contributed by atoms with E-state index < -0.39 is 17.7 Å². The van der Waals surface area contributed by atoms with Gasteiger partial charge in [-0.1, -0.05) is 26.0 Å². The molecule has 2 aromatic rings. The average molecular weight is 398 g/mol. The number of benzene rings is 1. The molecule has 1 aliphatic heterocycles. The zero-order valence-electron chi connectivity index (χ0n) is 16.9. The van der Waals surface area contributed by atoms with E-state index in [-0.39, 0.29) is 11.3 Å². The maximum atomic E-state index is 12.9. The Labute approximate surface area is 170 Å². The van der Waals surface area contributed by atoms with Gasteiger partial charge in [0, 0.05) is 18.7 Å². The number of hydrogen-bond donors (Lipinski definition) is 1. The molecular formula is C22H26N2O5. The number of carbonyl (C=O) groups excluding carboxylic acids is 2. The van der Waals surface area contributed by atoms with Crippen molar-refractivity contribution in [2.45, 2.75) is 19.9 Å². The molecule has 1 amide bonds. The third-order valence-corrected chi connectivity index (χ3v) is 5.25. The van der Waals surface area contributed by atoms with Gasteiger partial charge in [0.25, 0.3) is 11.7 Å². The van der Waals surface area contributed by atoms with Crippen LogP contribution in [0.25, 0.3) is 5.76 Å². The number of amides is 1. The number of ether oxygens (including phenoxy) is 1. The number of nitrogens with zero attached hydrogens (tertiary/aromatic N) is 2. The molecule has 3 rings (SSSR count). The van der Waals surface area contributed by atoms with Crippen LogP contribution in [-0.2, 0) is 9.59 Å². The minimum absolute atomic E-state index is 0.0257. The van der Waals surface area contributed by atoms with Gasteiger partial charge in [0.1, 0.15) is 23.3 Å². The summed E-state index contributed by atoms with van der Waals surface area (Å²) < 4.78 is 10.7. The van der Waals surface area contributed by atoms with Crippen LogP contribution in [0.1, 0.15) is 31.2 Å². The molecule has 154 valence electrons. The number of methoxy groups -OCH3 is 1. The molecule has 1 aromatic carbocycles. The van der Waals surface area contributed by atoms with Crippen molar-refractivity contribution in [3.05, 3.63) is 59.6 Å². The summed E-state index contributed by atoms with van der Waals surface area (Å²) in [6.07, 6.45) is 1.49. The zero-order chi connectivity index (χ0) is 21.0. The number of rotatable bonds is 8. The molecule has 1 saturated heterocycles. The first-order chi connectivity index (χ1) is 14.0. The first kappa shape index (κ1) is 20.7. The maximum absolute atomic E-state index is 12.9. The summed E-state index contributed by atoms with van der Waals surface area (Å²) in [6.45, 7) is 6.75. The van der Waals surface area contributed by atoms with Crippen LogP contribution in [0.2, 0.25) is 0 Å². The number of hydrogen-bond acceptors (Lipinski definition) is 6. The molecular weight excluding hydrogens is 372 g/mol. The minimum Gasteiger partial charge on any atom is -0.507 e. The normalized spacial score (nSPS) is 18.6. The highest BCUT2D eigenvalue weighted by Crippen LogP contribution is 2.39. The molecule has 1 atom stereocenters. The minimum atomic E-state index is -0.772. The van der Waals surface area contributed by atoms with Crippen LogP contribution in [0.15, 0.2) is 52.7 Å². The molecule has 2 heterocycles. The van der Waals surface area contributed by atoms with Crippen molar-refractivity contribution < 1.29 is 23.8 Å². The van der Waals surface area contributed by atoms with Crippen LogP contribution in [0.3, 0.4) is 0 Å². The molecule has 0 unspecified atom stereocenters. The summed E-state index contributed by atoms with van der Waals surface area (Å²) in [5.41, 5.74) is 0.431. The third-order valence-electron chi connectivity index (χ3n) is 5.25. The SMILES string of the molecule is CCN(CC)CCN1C(=O)C(=O)C(=C(O)c2cccc(OC)c2)[C@@H]1c1ccco1. The van der Waals surface area contributed by atoms with Gasteiger partial charge in [-0.25, -0.2) is 0 Å². The Bertz CT molecular complexity index is 900. The summed E-state index contributed by atoms with van der Waals surface area (Å²) in [6, 6.07) is 9.38. The quantitative estimate of drug-likeness (QED) is 0.418. The van der Waals surface area contributed by atoms with Gasteiger partial charge < -0.3 is 24.1 Å². The number of furan rings is 1. The molecule has 1 aliphatic rings. The molecule has 1 N–H and O–H groups in total. The van der Waals surface area contributed by atoms with Gasteiger partial charge in [0.2, 0.25) is 0 Å². The number of ketones is 1. The number of carbonyl (C=O) groups is 2. The predicted octanol–water partition coefficient (Wildman–Crippen LogP) is 3.05. The van der Waals surface area contributed by atoms with Crippen molar-refractivity contribution in [2.24, 2.45) is 0 Å². The first-order valence-corrected chi connectivity index (χ1v) is 9.70. The van der Waals surface area contributed by atoms with E-state index in [1.165, 1.54) is 18.3 Å². The molecule has 7 heteroatoms. The number of Topliss-reactive ketones (excluding diaryl/α,β-unsaturated/α-hetero) is 1.